The van der Waals surface area contributed by atoms with Crippen LogP contribution >= 0.6 is 0 Å². The van der Waals surface area contributed by atoms with Gasteiger partial charge in [-0.25, -0.2) is 0 Å². The van der Waals surface area contributed by atoms with Crippen LogP contribution < -0.4 is 0 Å². The van der Waals surface area contributed by atoms with Gasteiger partial charge in [0.15, 0.2) is 25.2 Å². The Morgan fingerprint density at radius 3 is 1.05 bits per heavy atom. The molecule has 348 valence electrons. The normalized spacial score (nSPS) is 24.6. The molecule has 4 aliphatic heterocycles. The summed E-state index contributed by atoms with van der Waals surface area (Å²) >= 11 is 0. The number of benzene rings is 4. The maximum atomic E-state index is 8.77. The van der Waals surface area contributed by atoms with Crippen molar-refractivity contribution in [2.45, 2.75) is 141 Å². The van der Waals surface area contributed by atoms with Gasteiger partial charge in [-0.1, -0.05) is 88.6 Å². The molecule has 0 saturated carbocycles. The molecule has 66 heavy (non-hydrogen) atoms. The van der Waals surface area contributed by atoms with Crippen molar-refractivity contribution in [2.75, 3.05) is 26.4 Å². The highest BCUT2D eigenvalue weighted by Gasteiger charge is 2.26. The second-order valence-corrected chi connectivity index (χ2v) is 16.5. The molecule has 0 bridgehead atoms. The van der Waals surface area contributed by atoms with Crippen LogP contribution in [0.4, 0.5) is 0 Å². The van der Waals surface area contributed by atoms with E-state index in [1.807, 2.05) is 55.5 Å². The van der Waals surface area contributed by atoms with Gasteiger partial charge in [-0.15, -0.1) is 0 Å². The zero-order valence-corrected chi connectivity index (χ0v) is 38.8. The molecule has 12 nitrogen and oxygen atoms in total. The second kappa shape index (κ2) is 28.5. The lowest BCUT2D eigenvalue weighted by Crippen LogP contribution is -2.26. The van der Waals surface area contributed by atoms with Crippen LogP contribution in [0.1, 0.15) is 162 Å². The largest absolute Gasteiger partial charge is 0.348 e. The fraction of sp³-hybridized carbons (Fsp3) is 0.481. The summed E-state index contributed by atoms with van der Waals surface area (Å²) in [5.41, 5.74) is 6.58. The molecule has 8 atom stereocenters. The number of nitriles is 4. The minimum atomic E-state index is -0.276. The first kappa shape index (κ1) is 51.5. The molecule has 4 saturated heterocycles. The van der Waals surface area contributed by atoms with E-state index < -0.39 is 0 Å². The fourth-order valence-corrected chi connectivity index (χ4v) is 7.46. The van der Waals surface area contributed by atoms with Crippen molar-refractivity contribution in [3.63, 3.8) is 0 Å². The van der Waals surface area contributed by atoms with Crippen LogP contribution in [-0.4, -0.2) is 50.8 Å². The predicted octanol–water partition coefficient (Wildman–Crippen LogP) is 11.9. The van der Waals surface area contributed by atoms with E-state index in [1.54, 1.807) is 48.5 Å². The van der Waals surface area contributed by atoms with Crippen LogP contribution in [0.15, 0.2) is 97.1 Å². The lowest BCUT2D eigenvalue weighted by Gasteiger charge is -2.30. The van der Waals surface area contributed by atoms with Crippen LogP contribution in [0.3, 0.4) is 0 Å². The SMILES string of the molecule is CC1CCOC(c2ccc(C#N)cc2)O1.CCC1CCOC(c2ccc(C#N)cc2)O1.CCCC1CCOC(c2ccc(C#N)cc2)O1.CCCCC1CCOC(c2ccc(C#N)cc2)O1. The quantitative estimate of drug-likeness (QED) is 0.148. The maximum absolute atomic E-state index is 8.77. The summed E-state index contributed by atoms with van der Waals surface area (Å²) in [5, 5.41) is 34.9. The highest BCUT2D eigenvalue weighted by atomic mass is 16.7. The molecule has 12 heteroatoms. The minimum Gasteiger partial charge on any atom is -0.348 e. The van der Waals surface area contributed by atoms with Gasteiger partial charge in [0.2, 0.25) is 0 Å². The minimum absolute atomic E-state index is 0.236. The Morgan fingerprint density at radius 2 is 0.727 bits per heavy atom. The van der Waals surface area contributed by atoms with Crippen molar-refractivity contribution in [1.29, 1.82) is 21.0 Å². The standard InChI is InChI=1S/C15H19NO2.C14H17NO2.C13H15NO2.C12H13NO2/c1-2-3-4-14-9-10-17-15(18-14)13-7-5-12(11-16)6-8-13;1-2-3-13-8-9-16-14(17-13)12-6-4-11(10-15)5-7-12;1-2-12-7-8-15-13(16-12)11-5-3-10(9-14)4-6-11;1-9-6-7-14-12(15-9)11-4-2-10(8-13)3-5-11/h5-8,14-15H,2-4,9-10H2,1H3;4-7,13-14H,2-3,8-9H2,1H3;3-6,12-13H,2,7-8H2,1H3;2-5,9,12H,6-7H2,1H3. The average molecular weight is 897 g/mol. The van der Waals surface area contributed by atoms with Crippen LogP contribution in [0.2, 0.25) is 0 Å². The van der Waals surface area contributed by atoms with Gasteiger partial charge in [0, 0.05) is 22.3 Å². The number of unbranched alkanes of at least 4 members (excludes halogenated alkanes) is 1. The number of nitrogens with zero attached hydrogens (tertiary/aromatic N) is 4. The third kappa shape index (κ3) is 16.7. The molecule has 0 amide bonds. The van der Waals surface area contributed by atoms with E-state index >= 15 is 0 Å². The molecule has 0 N–H and O–H groups in total. The van der Waals surface area contributed by atoms with E-state index in [4.69, 9.17) is 58.9 Å². The molecule has 8 rings (SSSR count). The zero-order chi connectivity index (χ0) is 46.9. The summed E-state index contributed by atoms with van der Waals surface area (Å²) in [6, 6.07) is 37.9. The van der Waals surface area contributed by atoms with Gasteiger partial charge < -0.3 is 37.9 Å². The summed E-state index contributed by atoms with van der Waals surface area (Å²) < 4.78 is 45.6. The van der Waals surface area contributed by atoms with Crippen molar-refractivity contribution < 1.29 is 37.9 Å². The topological polar surface area (TPSA) is 169 Å². The molecule has 0 aliphatic carbocycles. The predicted molar refractivity (Wildman–Crippen MR) is 248 cm³/mol. The lowest BCUT2D eigenvalue weighted by atomic mass is 10.1. The molecule has 8 unspecified atom stereocenters. The van der Waals surface area contributed by atoms with Gasteiger partial charge in [-0.3, -0.25) is 0 Å². The van der Waals surface area contributed by atoms with Gasteiger partial charge in [-0.2, -0.15) is 21.0 Å². The van der Waals surface area contributed by atoms with E-state index in [1.165, 1.54) is 12.8 Å². The Labute approximate surface area is 391 Å². The van der Waals surface area contributed by atoms with Crippen LogP contribution in [0.5, 0.6) is 0 Å². The van der Waals surface area contributed by atoms with Crippen molar-refractivity contribution in [3.05, 3.63) is 142 Å². The van der Waals surface area contributed by atoms with Gasteiger partial charge in [0.25, 0.3) is 0 Å². The van der Waals surface area contributed by atoms with E-state index in [2.05, 4.69) is 45.0 Å². The Morgan fingerprint density at radius 1 is 0.409 bits per heavy atom. The zero-order valence-electron chi connectivity index (χ0n) is 38.8. The molecule has 0 aromatic heterocycles. The van der Waals surface area contributed by atoms with Gasteiger partial charge in [-0.05, 0) is 100 Å². The number of ether oxygens (including phenoxy) is 8. The van der Waals surface area contributed by atoms with Gasteiger partial charge in [0.05, 0.1) is 97.4 Å². The van der Waals surface area contributed by atoms with Crippen LogP contribution in [0, 0.1) is 45.3 Å². The molecule has 4 fully saturated rings. The van der Waals surface area contributed by atoms with Crippen molar-refractivity contribution in [2.24, 2.45) is 0 Å². The number of rotatable bonds is 10. The molecule has 4 heterocycles. The van der Waals surface area contributed by atoms with Crippen molar-refractivity contribution in [1.82, 2.24) is 0 Å². The highest BCUT2D eigenvalue weighted by molar-refractivity contribution is 5.34. The van der Waals surface area contributed by atoms with Gasteiger partial charge >= 0.3 is 0 Å². The Bertz CT molecular complexity index is 2170. The van der Waals surface area contributed by atoms with Crippen LogP contribution in [0.25, 0.3) is 0 Å². The van der Waals surface area contributed by atoms with Crippen molar-refractivity contribution in [3.8, 4) is 24.3 Å². The van der Waals surface area contributed by atoms with Crippen molar-refractivity contribution >= 4 is 0 Å². The Kier molecular flexibility index (Phi) is 22.3. The first-order valence-corrected chi connectivity index (χ1v) is 23.4. The lowest BCUT2D eigenvalue weighted by molar-refractivity contribution is -0.218. The third-order valence-corrected chi connectivity index (χ3v) is 11.4. The molecule has 0 spiro atoms. The summed E-state index contributed by atoms with van der Waals surface area (Å²) in [6.07, 6.45) is 10.6. The number of hydrogen-bond donors (Lipinski definition) is 0. The average Bonchev–Trinajstić information content (AvgIpc) is 3.39. The Balaban J connectivity index is 0.000000165. The van der Waals surface area contributed by atoms with E-state index in [0.29, 0.717) is 34.5 Å². The third-order valence-electron chi connectivity index (χ3n) is 11.4. The fourth-order valence-electron chi connectivity index (χ4n) is 7.46. The summed E-state index contributed by atoms with van der Waals surface area (Å²) in [7, 11) is 0. The van der Waals surface area contributed by atoms with E-state index in [9.17, 15) is 0 Å². The summed E-state index contributed by atoms with van der Waals surface area (Å²) in [6.45, 7) is 11.5. The monoisotopic (exact) mass is 896 g/mol. The highest BCUT2D eigenvalue weighted by Crippen LogP contribution is 2.31. The van der Waals surface area contributed by atoms with Gasteiger partial charge in [0.1, 0.15) is 0 Å². The summed E-state index contributed by atoms with van der Waals surface area (Å²) in [4.78, 5) is 0. The molecule has 4 aromatic rings. The molecule has 0 radical (unpaired) electrons. The molecule has 4 aliphatic rings. The molecule has 4 aromatic carbocycles. The first-order valence-electron chi connectivity index (χ1n) is 23.4. The molecular formula is C54H64N4O8. The van der Waals surface area contributed by atoms with E-state index in [-0.39, 0.29) is 37.4 Å². The first-order chi connectivity index (χ1) is 32.3. The molecular weight excluding hydrogens is 833 g/mol. The number of hydrogen-bond acceptors (Lipinski definition) is 12. The van der Waals surface area contributed by atoms with Crippen LogP contribution in [-0.2, 0) is 37.9 Å². The second-order valence-electron chi connectivity index (χ2n) is 16.5. The van der Waals surface area contributed by atoms with E-state index in [0.717, 1.165) is 100 Å². The smallest absolute Gasteiger partial charge is 0.184 e. The maximum Gasteiger partial charge on any atom is 0.184 e. The summed E-state index contributed by atoms with van der Waals surface area (Å²) in [5.74, 6) is 0. The Hall–Kier alpha value is -5.48.